The number of carbonyl (C=O) groups is 1. The first kappa shape index (κ1) is 19.1. The topological polar surface area (TPSA) is 98.8 Å². The Balaban J connectivity index is 1.53. The van der Waals surface area contributed by atoms with Crippen LogP contribution in [0, 0.1) is 5.41 Å². The zero-order chi connectivity index (χ0) is 20.1. The highest BCUT2D eigenvalue weighted by Crippen LogP contribution is 2.33. The summed E-state index contributed by atoms with van der Waals surface area (Å²) in [5.74, 6) is 0.872. The minimum Gasteiger partial charge on any atom is -0.486 e. The second-order valence-electron chi connectivity index (χ2n) is 7.37. The van der Waals surface area contributed by atoms with Crippen LogP contribution in [0.4, 0.5) is 0 Å². The third kappa shape index (κ3) is 4.46. The average molecular weight is 392 g/mol. The number of nitrogens with one attached hydrogen (secondary N) is 1. The molecule has 2 aliphatic heterocycles. The van der Waals surface area contributed by atoms with Crippen molar-refractivity contribution in [3.05, 3.63) is 66.0 Å². The van der Waals surface area contributed by atoms with Gasteiger partial charge in [0.2, 0.25) is 5.91 Å². The van der Waals surface area contributed by atoms with Crippen LogP contribution in [0.3, 0.4) is 0 Å². The molecule has 0 saturated carbocycles. The number of primary amides is 1. The maximum Gasteiger partial charge on any atom is 0.239 e. The lowest BCUT2D eigenvalue weighted by atomic mass is 9.80. The Labute approximate surface area is 169 Å². The third-order valence-electron chi connectivity index (χ3n) is 5.17. The highest BCUT2D eigenvalue weighted by Gasteiger charge is 2.31. The van der Waals surface area contributed by atoms with Crippen LogP contribution in [0.2, 0.25) is 0 Å². The van der Waals surface area contributed by atoms with Crippen LogP contribution in [0.15, 0.2) is 59.9 Å². The van der Waals surface area contributed by atoms with Gasteiger partial charge in [0, 0.05) is 37.1 Å². The fourth-order valence-corrected chi connectivity index (χ4v) is 3.72. The number of amides is 1. The molecule has 0 saturated heterocycles. The fraction of sp³-hybridized carbons (Fsp3) is 0.318. The Morgan fingerprint density at radius 1 is 1.24 bits per heavy atom. The Morgan fingerprint density at radius 2 is 2.10 bits per heavy atom. The van der Waals surface area contributed by atoms with Crippen molar-refractivity contribution in [3.63, 3.8) is 0 Å². The van der Waals surface area contributed by atoms with E-state index in [-0.39, 0.29) is 5.41 Å². The summed E-state index contributed by atoms with van der Waals surface area (Å²) in [6.45, 7) is 2.17. The van der Waals surface area contributed by atoms with E-state index in [0.717, 1.165) is 17.5 Å². The summed E-state index contributed by atoms with van der Waals surface area (Å²) in [7, 11) is 0. The van der Waals surface area contributed by atoms with Gasteiger partial charge in [-0.05, 0) is 41.8 Å². The fourth-order valence-electron chi connectivity index (χ4n) is 3.72. The summed E-state index contributed by atoms with van der Waals surface area (Å²) in [4.78, 5) is 20.9. The smallest absolute Gasteiger partial charge is 0.239 e. The van der Waals surface area contributed by atoms with Gasteiger partial charge in [-0.2, -0.15) is 0 Å². The number of rotatable bonds is 7. The van der Waals surface area contributed by atoms with Crippen LogP contribution in [0.25, 0.3) is 0 Å². The SMILES string of the molecule is NC(=O)C(NCC1(Cc2cccnc2)C=CC=NC1)c1ccc2c(c1)OCCO2. The van der Waals surface area contributed by atoms with Crippen LogP contribution < -0.4 is 20.5 Å². The highest BCUT2D eigenvalue weighted by atomic mass is 16.6. The number of nitrogens with two attached hydrogens (primary N) is 1. The van der Waals surface area contributed by atoms with E-state index in [1.807, 2.05) is 42.6 Å². The van der Waals surface area contributed by atoms with Crippen molar-refractivity contribution >= 4 is 12.1 Å². The Hall–Kier alpha value is -3.19. The average Bonchev–Trinajstić information content (AvgIpc) is 2.75. The van der Waals surface area contributed by atoms with Gasteiger partial charge in [0.1, 0.15) is 19.3 Å². The molecule has 0 bridgehead atoms. The Morgan fingerprint density at radius 3 is 2.83 bits per heavy atom. The van der Waals surface area contributed by atoms with Crippen LogP contribution in [-0.4, -0.2) is 43.4 Å². The van der Waals surface area contributed by atoms with E-state index in [4.69, 9.17) is 15.2 Å². The molecule has 7 nitrogen and oxygen atoms in total. The van der Waals surface area contributed by atoms with Gasteiger partial charge >= 0.3 is 0 Å². The molecular formula is C22H24N4O3. The van der Waals surface area contributed by atoms with E-state index in [9.17, 15) is 4.79 Å². The van der Waals surface area contributed by atoms with Crippen molar-refractivity contribution in [1.82, 2.24) is 10.3 Å². The molecule has 1 aromatic carbocycles. The van der Waals surface area contributed by atoms with Gasteiger partial charge in [0.05, 0.1) is 0 Å². The van der Waals surface area contributed by atoms with E-state index in [1.54, 1.807) is 12.4 Å². The summed E-state index contributed by atoms with van der Waals surface area (Å²) in [5, 5.41) is 3.36. The molecule has 3 heterocycles. The van der Waals surface area contributed by atoms with E-state index in [2.05, 4.69) is 21.4 Å². The lowest BCUT2D eigenvalue weighted by Crippen LogP contribution is -2.43. The van der Waals surface area contributed by atoms with E-state index < -0.39 is 11.9 Å². The van der Waals surface area contributed by atoms with Gasteiger partial charge in [-0.3, -0.25) is 14.8 Å². The molecule has 7 heteroatoms. The summed E-state index contributed by atoms with van der Waals surface area (Å²) in [6, 6.07) is 8.81. The van der Waals surface area contributed by atoms with E-state index >= 15 is 0 Å². The summed E-state index contributed by atoms with van der Waals surface area (Å²) in [6.07, 6.45) is 10.3. The standard InChI is InChI=1S/C22H24N4O3/c23-21(27)20(17-4-5-18-19(11-17)29-10-9-28-18)26-15-22(6-2-8-25-14-22)12-16-3-1-7-24-13-16/h1-8,11,13,20,26H,9-10,12,14-15H2,(H2,23,27). The predicted molar refractivity (Wildman–Crippen MR) is 110 cm³/mol. The van der Waals surface area contributed by atoms with E-state index in [0.29, 0.717) is 37.8 Å². The molecule has 1 amide bonds. The summed E-state index contributed by atoms with van der Waals surface area (Å²) in [5.41, 5.74) is 7.33. The molecule has 29 heavy (non-hydrogen) atoms. The van der Waals surface area contributed by atoms with Crippen molar-refractivity contribution < 1.29 is 14.3 Å². The number of allylic oxidation sites excluding steroid dienone is 1. The number of hydrogen-bond acceptors (Lipinski definition) is 6. The van der Waals surface area contributed by atoms with Crippen molar-refractivity contribution in [2.45, 2.75) is 12.5 Å². The van der Waals surface area contributed by atoms with Crippen LogP contribution in [0.5, 0.6) is 11.5 Å². The second-order valence-corrected chi connectivity index (χ2v) is 7.37. The number of fused-ring (bicyclic) bond motifs is 1. The van der Waals surface area contributed by atoms with Crippen molar-refractivity contribution in [1.29, 1.82) is 0 Å². The number of ether oxygens (including phenoxy) is 2. The third-order valence-corrected chi connectivity index (χ3v) is 5.17. The van der Waals surface area contributed by atoms with Gasteiger partial charge in [-0.15, -0.1) is 0 Å². The lowest BCUT2D eigenvalue weighted by molar-refractivity contribution is -0.120. The molecule has 2 aliphatic rings. The maximum absolute atomic E-state index is 12.2. The van der Waals surface area contributed by atoms with Crippen molar-refractivity contribution in [2.75, 3.05) is 26.3 Å². The minimum atomic E-state index is -0.643. The quantitative estimate of drug-likeness (QED) is 0.749. The number of aromatic nitrogens is 1. The molecule has 2 aromatic rings. The molecule has 2 unspecified atom stereocenters. The Kier molecular flexibility index (Phi) is 5.57. The van der Waals surface area contributed by atoms with Gasteiger partial charge in [0.25, 0.3) is 0 Å². The molecule has 3 N–H and O–H groups in total. The van der Waals surface area contributed by atoms with E-state index in [1.165, 1.54) is 0 Å². The molecule has 2 atom stereocenters. The highest BCUT2D eigenvalue weighted by molar-refractivity contribution is 5.81. The molecule has 0 aliphatic carbocycles. The normalized spacial score (nSPS) is 21.0. The monoisotopic (exact) mass is 392 g/mol. The lowest BCUT2D eigenvalue weighted by Gasteiger charge is -2.33. The zero-order valence-corrected chi connectivity index (χ0v) is 16.1. The molecular weight excluding hydrogens is 368 g/mol. The number of benzene rings is 1. The number of pyridine rings is 1. The number of dihydropyridines is 1. The molecule has 0 radical (unpaired) electrons. The first-order valence-corrected chi connectivity index (χ1v) is 9.64. The summed E-state index contributed by atoms with van der Waals surface area (Å²) >= 11 is 0. The van der Waals surface area contributed by atoms with Crippen LogP contribution in [-0.2, 0) is 11.2 Å². The van der Waals surface area contributed by atoms with Gasteiger partial charge in [0.15, 0.2) is 11.5 Å². The second kappa shape index (κ2) is 8.45. The molecule has 1 aromatic heterocycles. The molecule has 0 fully saturated rings. The van der Waals surface area contributed by atoms with Crippen LogP contribution in [0.1, 0.15) is 17.2 Å². The van der Waals surface area contributed by atoms with Crippen LogP contribution >= 0.6 is 0 Å². The number of carbonyl (C=O) groups excluding carboxylic acids is 1. The first-order chi connectivity index (χ1) is 14.2. The van der Waals surface area contributed by atoms with Gasteiger partial charge in [-0.25, -0.2) is 0 Å². The number of aliphatic imine (C=N–C) groups is 1. The maximum atomic E-state index is 12.2. The molecule has 4 rings (SSSR count). The summed E-state index contributed by atoms with van der Waals surface area (Å²) < 4.78 is 11.2. The largest absolute Gasteiger partial charge is 0.486 e. The minimum absolute atomic E-state index is 0.265. The Bertz CT molecular complexity index is 929. The van der Waals surface area contributed by atoms with Gasteiger partial charge in [-0.1, -0.05) is 18.2 Å². The number of hydrogen-bond donors (Lipinski definition) is 2. The molecule has 0 spiro atoms. The first-order valence-electron chi connectivity index (χ1n) is 9.64. The zero-order valence-electron chi connectivity index (χ0n) is 16.1. The van der Waals surface area contributed by atoms with Gasteiger partial charge < -0.3 is 20.5 Å². The molecule has 150 valence electrons. The van der Waals surface area contributed by atoms with Crippen molar-refractivity contribution in [3.8, 4) is 11.5 Å². The van der Waals surface area contributed by atoms with Crippen molar-refractivity contribution in [2.24, 2.45) is 16.1 Å². The predicted octanol–water partition coefficient (Wildman–Crippen LogP) is 1.84. The number of nitrogens with zero attached hydrogens (tertiary/aromatic N) is 2.